The van der Waals surface area contributed by atoms with E-state index in [0.717, 1.165) is 4.47 Å². The molecule has 0 unspecified atom stereocenters. The zero-order valence-corrected chi connectivity index (χ0v) is 12.0. The van der Waals surface area contributed by atoms with E-state index in [9.17, 15) is 13.5 Å². The Morgan fingerprint density at radius 2 is 2.18 bits per heavy atom. The molecule has 1 fully saturated rings. The molecule has 1 N–H and O–H groups in total. The lowest BCUT2D eigenvalue weighted by molar-refractivity contribution is 0.189. The highest BCUT2D eigenvalue weighted by molar-refractivity contribution is 9.10. The van der Waals surface area contributed by atoms with Gasteiger partial charge in [-0.1, -0.05) is 27.5 Å². The van der Waals surface area contributed by atoms with Gasteiger partial charge in [0.2, 0.25) is 10.0 Å². The minimum absolute atomic E-state index is 0.0801. The lowest BCUT2D eigenvalue weighted by Gasteiger charge is -2.16. The highest BCUT2D eigenvalue weighted by Crippen LogP contribution is 2.29. The highest BCUT2D eigenvalue weighted by atomic mass is 79.9. The van der Waals surface area contributed by atoms with Crippen LogP contribution in [0.5, 0.6) is 0 Å². The summed E-state index contributed by atoms with van der Waals surface area (Å²) in [4.78, 5) is 0.0801. The van der Waals surface area contributed by atoms with Gasteiger partial charge >= 0.3 is 0 Å². The quantitative estimate of drug-likeness (QED) is 0.894. The molecular formula is C10H11BrClNO3S. The Labute approximate surface area is 113 Å². The molecule has 0 amide bonds. The summed E-state index contributed by atoms with van der Waals surface area (Å²) in [6.07, 6.45) is -0.119. The van der Waals surface area contributed by atoms with Crippen molar-refractivity contribution in [3.05, 3.63) is 27.7 Å². The van der Waals surface area contributed by atoms with Crippen LogP contribution in [-0.4, -0.2) is 37.0 Å². The number of rotatable bonds is 2. The molecule has 1 saturated heterocycles. The van der Waals surface area contributed by atoms with Crippen LogP contribution in [0.2, 0.25) is 5.02 Å². The van der Waals surface area contributed by atoms with E-state index in [4.69, 9.17) is 11.6 Å². The van der Waals surface area contributed by atoms with Crippen molar-refractivity contribution in [2.75, 3.05) is 13.1 Å². The van der Waals surface area contributed by atoms with Crippen molar-refractivity contribution in [1.82, 2.24) is 4.31 Å². The number of halogens is 2. The standard InChI is InChI=1S/C10H11BrClNO3S/c11-7-1-2-10(9(12)5-7)17(15,16)13-4-3-8(14)6-13/h1-2,5,8,14H,3-4,6H2/t8-/m1/s1. The van der Waals surface area contributed by atoms with Gasteiger partial charge in [-0.25, -0.2) is 8.42 Å². The first-order chi connectivity index (χ1) is 7.91. The Morgan fingerprint density at radius 3 is 2.71 bits per heavy atom. The molecule has 1 atom stereocenters. The van der Waals surface area contributed by atoms with Gasteiger partial charge in [-0.3, -0.25) is 0 Å². The van der Waals surface area contributed by atoms with E-state index in [1.807, 2.05) is 0 Å². The number of β-amino-alcohol motifs (C(OH)–C–C–N with tert-alkyl or cyclic N) is 1. The number of sulfonamides is 1. The van der Waals surface area contributed by atoms with Gasteiger partial charge < -0.3 is 5.11 Å². The van der Waals surface area contributed by atoms with Crippen molar-refractivity contribution in [3.8, 4) is 0 Å². The van der Waals surface area contributed by atoms with Crippen molar-refractivity contribution in [2.24, 2.45) is 0 Å². The number of nitrogens with zero attached hydrogens (tertiary/aromatic N) is 1. The van der Waals surface area contributed by atoms with Gasteiger partial charge in [0.05, 0.1) is 11.1 Å². The van der Waals surface area contributed by atoms with Crippen molar-refractivity contribution >= 4 is 37.6 Å². The molecule has 7 heteroatoms. The van der Waals surface area contributed by atoms with Gasteiger partial charge in [-0.2, -0.15) is 4.31 Å². The molecule has 4 nitrogen and oxygen atoms in total. The number of aliphatic hydroxyl groups is 1. The Hall–Kier alpha value is -0.140. The topological polar surface area (TPSA) is 57.6 Å². The SMILES string of the molecule is O=S(=O)(c1ccc(Br)cc1Cl)N1CC[C@@H](O)C1. The first-order valence-electron chi connectivity index (χ1n) is 5.04. The molecule has 0 bridgehead atoms. The highest BCUT2D eigenvalue weighted by Gasteiger charge is 2.32. The predicted molar refractivity (Wildman–Crippen MR) is 68.5 cm³/mol. The van der Waals surface area contributed by atoms with Crippen LogP contribution in [-0.2, 0) is 10.0 Å². The Kier molecular flexibility index (Phi) is 3.80. The van der Waals surface area contributed by atoms with Crippen LogP contribution in [0, 0.1) is 0 Å². The van der Waals surface area contributed by atoms with Crippen LogP contribution in [0.1, 0.15) is 6.42 Å². The number of aliphatic hydroxyl groups excluding tert-OH is 1. The van der Waals surface area contributed by atoms with Crippen LogP contribution in [0.4, 0.5) is 0 Å². The van der Waals surface area contributed by atoms with Gasteiger partial charge in [0.15, 0.2) is 0 Å². The molecule has 1 aliphatic heterocycles. The van der Waals surface area contributed by atoms with Gasteiger partial charge in [-0.05, 0) is 24.6 Å². The first kappa shape index (κ1) is 13.3. The average molecular weight is 341 g/mol. The smallest absolute Gasteiger partial charge is 0.244 e. The summed E-state index contributed by atoms with van der Waals surface area (Å²) >= 11 is 9.15. The molecule has 0 spiro atoms. The molecule has 0 radical (unpaired) electrons. The second-order valence-electron chi connectivity index (χ2n) is 3.88. The summed E-state index contributed by atoms with van der Waals surface area (Å²) in [6, 6.07) is 4.64. The van der Waals surface area contributed by atoms with E-state index in [2.05, 4.69) is 15.9 Å². The third-order valence-corrected chi connectivity index (χ3v) is 5.48. The second-order valence-corrected chi connectivity index (χ2v) is 7.11. The maximum absolute atomic E-state index is 12.2. The molecule has 1 heterocycles. The number of hydrogen-bond acceptors (Lipinski definition) is 3. The second kappa shape index (κ2) is 4.85. The molecular weight excluding hydrogens is 330 g/mol. The maximum atomic E-state index is 12.2. The molecule has 2 rings (SSSR count). The minimum atomic E-state index is -3.60. The third kappa shape index (κ3) is 2.66. The monoisotopic (exact) mass is 339 g/mol. The summed E-state index contributed by atoms with van der Waals surface area (Å²) in [5, 5.41) is 9.56. The van der Waals surface area contributed by atoms with Crippen molar-refractivity contribution in [2.45, 2.75) is 17.4 Å². The van der Waals surface area contributed by atoms with Crippen LogP contribution >= 0.6 is 27.5 Å². The van der Waals surface area contributed by atoms with Crippen molar-refractivity contribution in [3.63, 3.8) is 0 Å². The van der Waals surface area contributed by atoms with E-state index in [1.54, 1.807) is 12.1 Å². The van der Waals surface area contributed by atoms with E-state index < -0.39 is 16.1 Å². The Balaban J connectivity index is 2.38. The van der Waals surface area contributed by atoms with E-state index in [-0.39, 0.29) is 16.5 Å². The summed E-state index contributed by atoms with van der Waals surface area (Å²) in [5.74, 6) is 0. The fourth-order valence-electron chi connectivity index (χ4n) is 1.75. The van der Waals surface area contributed by atoms with Crippen LogP contribution < -0.4 is 0 Å². The van der Waals surface area contributed by atoms with Gasteiger partial charge in [0.1, 0.15) is 4.90 Å². The Bertz CT molecular complexity index is 534. The maximum Gasteiger partial charge on any atom is 0.244 e. The lowest BCUT2D eigenvalue weighted by atomic mass is 10.3. The molecule has 1 aromatic rings. The predicted octanol–water partition coefficient (Wildman–Crippen LogP) is 1.86. The van der Waals surface area contributed by atoms with E-state index >= 15 is 0 Å². The van der Waals surface area contributed by atoms with Gasteiger partial charge in [0.25, 0.3) is 0 Å². The Morgan fingerprint density at radius 1 is 1.47 bits per heavy atom. The summed E-state index contributed by atoms with van der Waals surface area (Å²) in [5.41, 5.74) is 0. The largest absolute Gasteiger partial charge is 0.392 e. The first-order valence-corrected chi connectivity index (χ1v) is 7.65. The molecule has 1 aliphatic rings. The lowest BCUT2D eigenvalue weighted by Crippen LogP contribution is -2.29. The number of hydrogen-bond donors (Lipinski definition) is 1. The molecule has 94 valence electrons. The van der Waals surface area contributed by atoms with E-state index in [1.165, 1.54) is 10.4 Å². The molecule has 0 aromatic heterocycles. The minimum Gasteiger partial charge on any atom is -0.392 e. The molecule has 17 heavy (non-hydrogen) atoms. The number of benzene rings is 1. The normalized spacial score (nSPS) is 21.9. The molecule has 0 saturated carbocycles. The molecule has 1 aromatic carbocycles. The average Bonchev–Trinajstić information content (AvgIpc) is 2.64. The third-order valence-electron chi connectivity index (χ3n) is 2.64. The van der Waals surface area contributed by atoms with Crippen molar-refractivity contribution < 1.29 is 13.5 Å². The van der Waals surface area contributed by atoms with Crippen LogP contribution in [0.25, 0.3) is 0 Å². The molecule has 0 aliphatic carbocycles. The van der Waals surface area contributed by atoms with Crippen LogP contribution in [0.15, 0.2) is 27.6 Å². The van der Waals surface area contributed by atoms with Gasteiger partial charge in [-0.15, -0.1) is 0 Å². The van der Waals surface area contributed by atoms with Crippen molar-refractivity contribution in [1.29, 1.82) is 0 Å². The summed E-state index contributed by atoms with van der Waals surface area (Å²) in [7, 11) is -3.60. The summed E-state index contributed by atoms with van der Waals surface area (Å²) < 4.78 is 26.4. The zero-order chi connectivity index (χ0) is 12.6. The van der Waals surface area contributed by atoms with Crippen LogP contribution in [0.3, 0.4) is 0 Å². The van der Waals surface area contributed by atoms with Gasteiger partial charge in [0, 0.05) is 17.6 Å². The van der Waals surface area contributed by atoms with E-state index in [0.29, 0.717) is 13.0 Å². The summed E-state index contributed by atoms with van der Waals surface area (Å²) in [6.45, 7) is 0.463. The zero-order valence-electron chi connectivity index (χ0n) is 8.81. The fourth-order valence-corrected chi connectivity index (χ4v) is 4.26. The fraction of sp³-hybridized carbons (Fsp3) is 0.400.